The minimum Gasteiger partial charge on any atom is -0.476 e. The fraction of sp³-hybridized carbons (Fsp3) is 0.385. The standard InChI is InChI=1S/C13H15N3O3/c14-11(17)9-5-13(7-16-9)12(18)15-6-8-3-1-2-4-10(8)19-13/h1-4,9,16H,5-7H2,(H2,14,17)(H,15,18)/t9-,13+/m0/s1. The van der Waals surface area contributed by atoms with Crippen molar-refractivity contribution in [2.75, 3.05) is 6.54 Å². The van der Waals surface area contributed by atoms with E-state index in [1.165, 1.54) is 0 Å². The van der Waals surface area contributed by atoms with E-state index in [9.17, 15) is 9.59 Å². The zero-order chi connectivity index (χ0) is 13.5. The summed E-state index contributed by atoms with van der Waals surface area (Å²) >= 11 is 0. The average molecular weight is 261 g/mol. The lowest BCUT2D eigenvalue weighted by molar-refractivity contribution is -0.135. The van der Waals surface area contributed by atoms with Gasteiger partial charge in [0.15, 0.2) is 0 Å². The van der Waals surface area contributed by atoms with Crippen molar-refractivity contribution < 1.29 is 14.3 Å². The molecule has 1 aromatic carbocycles. The molecule has 2 heterocycles. The van der Waals surface area contributed by atoms with Crippen LogP contribution in [0.1, 0.15) is 12.0 Å². The molecule has 1 saturated heterocycles. The highest BCUT2D eigenvalue weighted by molar-refractivity contribution is 5.90. The number of para-hydroxylation sites is 1. The third-order valence-corrected chi connectivity index (χ3v) is 3.64. The second-order valence-corrected chi connectivity index (χ2v) is 4.93. The molecule has 1 spiro atoms. The van der Waals surface area contributed by atoms with E-state index >= 15 is 0 Å². The molecule has 6 heteroatoms. The van der Waals surface area contributed by atoms with E-state index in [1.54, 1.807) is 0 Å². The maximum absolute atomic E-state index is 12.2. The number of rotatable bonds is 1. The van der Waals surface area contributed by atoms with Gasteiger partial charge in [-0.25, -0.2) is 0 Å². The van der Waals surface area contributed by atoms with Gasteiger partial charge in [0.05, 0.1) is 6.04 Å². The number of nitrogens with one attached hydrogen (secondary N) is 2. The fourth-order valence-corrected chi connectivity index (χ4v) is 2.56. The highest BCUT2D eigenvalue weighted by atomic mass is 16.5. The second-order valence-electron chi connectivity index (χ2n) is 4.93. The highest BCUT2D eigenvalue weighted by Crippen LogP contribution is 2.31. The summed E-state index contributed by atoms with van der Waals surface area (Å²) in [5, 5.41) is 5.78. The van der Waals surface area contributed by atoms with Crippen LogP contribution >= 0.6 is 0 Å². The Morgan fingerprint density at radius 3 is 2.95 bits per heavy atom. The van der Waals surface area contributed by atoms with Crippen LogP contribution in [0.2, 0.25) is 0 Å². The van der Waals surface area contributed by atoms with Gasteiger partial charge in [0.1, 0.15) is 5.75 Å². The molecule has 1 fully saturated rings. The van der Waals surface area contributed by atoms with Crippen LogP contribution in [0.3, 0.4) is 0 Å². The summed E-state index contributed by atoms with van der Waals surface area (Å²) in [5.74, 6) is -0.00136. The number of hydrogen-bond donors (Lipinski definition) is 3. The molecule has 0 unspecified atom stereocenters. The monoisotopic (exact) mass is 261 g/mol. The number of hydrogen-bond acceptors (Lipinski definition) is 4. The zero-order valence-corrected chi connectivity index (χ0v) is 10.3. The van der Waals surface area contributed by atoms with Crippen molar-refractivity contribution in [2.45, 2.75) is 24.6 Å². The molecular weight excluding hydrogens is 246 g/mol. The van der Waals surface area contributed by atoms with Gasteiger partial charge in [0, 0.05) is 25.1 Å². The first-order chi connectivity index (χ1) is 9.11. The molecule has 0 saturated carbocycles. The summed E-state index contributed by atoms with van der Waals surface area (Å²) in [6.45, 7) is 0.707. The third-order valence-electron chi connectivity index (χ3n) is 3.64. The van der Waals surface area contributed by atoms with Crippen molar-refractivity contribution in [3.8, 4) is 5.75 Å². The topological polar surface area (TPSA) is 93.5 Å². The Morgan fingerprint density at radius 1 is 1.42 bits per heavy atom. The van der Waals surface area contributed by atoms with Gasteiger partial charge >= 0.3 is 0 Å². The van der Waals surface area contributed by atoms with E-state index < -0.39 is 17.6 Å². The first-order valence-corrected chi connectivity index (χ1v) is 6.19. The van der Waals surface area contributed by atoms with Crippen LogP contribution in [-0.2, 0) is 16.1 Å². The summed E-state index contributed by atoms with van der Waals surface area (Å²) in [6.07, 6.45) is 0.252. The van der Waals surface area contributed by atoms with E-state index in [1.807, 2.05) is 24.3 Å². The lowest BCUT2D eigenvalue weighted by Crippen LogP contribution is -2.51. The molecule has 6 nitrogen and oxygen atoms in total. The number of primary amides is 1. The summed E-state index contributed by atoms with van der Waals surface area (Å²) in [4.78, 5) is 23.5. The van der Waals surface area contributed by atoms with Crippen LogP contribution in [0, 0.1) is 0 Å². The van der Waals surface area contributed by atoms with Crippen molar-refractivity contribution in [3.05, 3.63) is 29.8 Å². The van der Waals surface area contributed by atoms with Crippen LogP contribution in [0.15, 0.2) is 24.3 Å². The maximum Gasteiger partial charge on any atom is 0.265 e. The van der Waals surface area contributed by atoms with Crippen LogP contribution in [0.4, 0.5) is 0 Å². The molecule has 0 bridgehead atoms. The summed E-state index contributed by atoms with van der Waals surface area (Å²) < 4.78 is 5.92. The summed E-state index contributed by atoms with van der Waals surface area (Å²) in [7, 11) is 0. The molecule has 3 rings (SSSR count). The molecule has 2 atom stereocenters. The first-order valence-electron chi connectivity index (χ1n) is 6.19. The van der Waals surface area contributed by atoms with Crippen LogP contribution in [0.5, 0.6) is 5.75 Å². The number of amides is 2. The summed E-state index contributed by atoms with van der Waals surface area (Å²) in [6, 6.07) is 6.95. The van der Waals surface area contributed by atoms with Gasteiger partial charge in [-0.05, 0) is 6.07 Å². The average Bonchev–Trinajstić information content (AvgIpc) is 2.77. The van der Waals surface area contributed by atoms with E-state index in [2.05, 4.69) is 10.6 Å². The van der Waals surface area contributed by atoms with Gasteiger partial charge in [0.25, 0.3) is 5.91 Å². The molecule has 1 aromatic rings. The molecule has 2 aliphatic rings. The second kappa shape index (κ2) is 4.24. The zero-order valence-electron chi connectivity index (χ0n) is 10.3. The number of benzene rings is 1. The molecule has 0 aromatic heterocycles. The van der Waals surface area contributed by atoms with Gasteiger partial charge in [-0.1, -0.05) is 18.2 Å². The smallest absolute Gasteiger partial charge is 0.265 e. The Balaban J connectivity index is 1.94. The number of carbonyl (C=O) groups excluding carboxylic acids is 2. The third kappa shape index (κ3) is 1.94. The minimum atomic E-state index is -1.05. The van der Waals surface area contributed by atoms with Crippen LogP contribution in [-0.4, -0.2) is 30.0 Å². The van der Waals surface area contributed by atoms with Crippen LogP contribution in [0.25, 0.3) is 0 Å². The Labute approximate surface area is 110 Å². The Bertz CT molecular complexity index is 546. The Hall–Kier alpha value is -2.08. The number of nitrogens with two attached hydrogens (primary N) is 1. The van der Waals surface area contributed by atoms with Gasteiger partial charge in [0.2, 0.25) is 11.5 Å². The van der Waals surface area contributed by atoms with Gasteiger partial charge in [-0.15, -0.1) is 0 Å². The highest BCUT2D eigenvalue weighted by Gasteiger charge is 2.50. The number of fused-ring (bicyclic) bond motifs is 1. The Kier molecular flexibility index (Phi) is 2.67. The van der Waals surface area contributed by atoms with Gasteiger partial charge in [-0.2, -0.15) is 0 Å². The SMILES string of the molecule is NC(=O)[C@@H]1C[C@]2(CN1)Oc1ccccc1CNC2=O. The maximum atomic E-state index is 12.2. The van der Waals surface area contributed by atoms with Gasteiger partial charge in [-0.3, -0.25) is 9.59 Å². The van der Waals surface area contributed by atoms with Crippen molar-refractivity contribution in [2.24, 2.45) is 5.73 Å². The van der Waals surface area contributed by atoms with E-state index in [0.717, 1.165) is 5.56 Å². The predicted molar refractivity (Wildman–Crippen MR) is 67.2 cm³/mol. The van der Waals surface area contributed by atoms with E-state index in [0.29, 0.717) is 12.3 Å². The number of ether oxygens (including phenoxy) is 1. The molecular formula is C13H15N3O3. The molecule has 19 heavy (non-hydrogen) atoms. The Morgan fingerprint density at radius 2 is 2.21 bits per heavy atom. The molecule has 0 radical (unpaired) electrons. The largest absolute Gasteiger partial charge is 0.476 e. The molecule has 4 N–H and O–H groups in total. The van der Waals surface area contributed by atoms with Crippen molar-refractivity contribution in [1.29, 1.82) is 0 Å². The predicted octanol–water partition coefficient (Wildman–Crippen LogP) is -0.719. The fourth-order valence-electron chi connectivity index (χ4n) is 2.56. The summed E-state index contributed by atoms with van der Waals surface area (Å²) in [5.41, 5.74) is 5.16. The minimum absolute atomic E-state index is 0.208. The van der Waals surface area contributed by atoms with Crippen molar-refractivity contribution in [3.63, 3.8) is 0 Å². The lowest BCUT2D eigenvalue weighted by atomic mass is 9.98. The van der Waals surface area contributed by atoms with Gasteiger partial charge < -0.3 is 21.1 Å². The van der Waals surface area contributed by atoms with Crippen molar-refractivity contribution in [1.82, 2.24) is 10.6 Å². The molecule has 100 valence electrons. The van der Waals surface area contributed by atoms with E-state index in [-0.39, 0.29) is 18.9 Å². The normalized spacial score (nSPS) is 29.3. The van der Waals surface area contributed by atoms with Crippen LogP contribution < -0.4 is 21.1 Å². The lowest BCUT2D eigenvalue weighted by Gasteiger charge is -2.26. The van der Waals surface area contributed by atoms with Crippen molar-refractivity contribution >= 4 is 11.8 Å². The van der Waals surface area contributed by atoms with E-state index in [4.69, 9.17) is 10.5 Å². The first kappa shape index (κ1) is 12.0. The quantitative estimate of drug-likeness (QED) is 0.622. The number of carbonyl (C=O) groups is 2. The molecule has 2 amide bonds. The molecule has 2 aliphatic heterocycles. The molecule has 0 aliphatic carbocycles.